The Morgan fingerprint density at radius 1 is 0.840 bits per heavy atom. The second-order valence-corrected chi connectivity index (χ2v) is 9.94. The molecule has 1 aliphatic rings. The molecule has 134 valence electrons. The van der Waals surface area contributed by atoms with E-state index in [1.54, 1.807) is 12.1 Å². The first-order chi connectivity index (χ1) is 12.0. The lowest BCUT2D eigenvalue weighted by atomic mass is 9.83. The average Bonchev–Trinajstić information content (AvgIpc) is 2.62. The third-order valence-electron chi connectivity index (χ3n) is 5.47. The van der Waals surface area contributed by atoms with Crippen LogP contribution < -0.4 is 0 Å². The number of rotatable bonds is 4. The summed E-state index contributed by atoms with van der Waals surface area (Å²) in [5, 5.41) is 0. The molecule has 0 saturated heterocycles. The van der Waals surface area contributed by atoms with Crippen LogP contribution in [-0.2, 0) is 6.18 Å². The highest BCUT2D eigenvalue weighted by Gasteiger charge is 2.30. The molecule has 3 rings (SSSR count). The third-order valence-corrected chi connectivity index (χ3v) is 7.68. The molecule has 4 heteroatoms. The second-order valence-electron chi connectivity index (χ2n) is 7.20. The lowest BCUT2D eigenvalue weighted by Gasteiger charge is -2.28. The second kappa shape index (κ2) is 7.77. The van der Waals surface area contributed by atoms with Crippen molar-refractivity contribution in [2.45, 2.75) is 56.3 Å². The zero-order chi connectivity index (χ0) is 17.9. The minimum atomic E-state index is -4.28. The standard InChI is InChI=1S/C21H25F3Si/c1-2-25-20-13-9-18(10-14-20)16-5-3-15(4-6-16)17-7-11-19(12-8-17)21(22,23)24/h3-8,11-12,18,20H,2,9-10,13-14,25H2,1H3. The molecule has 2 aromatic rings. The maximum atomic E-state index is 12.7. The fourth-order valence-electron chi connectivity index (χ4n) is 3.99. The summed E-state index contributed by atoms with van der Waals surface area (Å²) in [6.07, 6.45) is 1.06. The van der Waals surface area contributed by atoms with Crippen LogP contribution in [0.2, 0.25) is 11.6 Å². The zero-order valence-corrected chi connectivity index (χ0v) is 16.1. The predicted molar refractivity (Wildman–Crippen MR) is 101 cm³/mol. The maximum Gasteiger partial charge on any atom is 0.416 e. The summed E-state index contributed by atoms with van der Waals surface area (Å²) in [5.41, 5.74) is 3.63. The molecule has 1 aliphatic carbocycles. The van der Waals surface area contributed by atoms with Crippen molar-refractivity contribution < 1.29 is 13.2 Å². The molecule has 2 aromatic carbocycles. The molecule has 0 radical (unpaired) electrons. The smallest absolute Gasteiger partial charge is 0.166 e. The molecule has 0 aromatic heterocycles. The minimum Gasteiger partial charge on any atom is -0.166 e. The van der Waals surface area contributed by atoms with Gasteiger partial charge < -0.3 is 0 Å². The highest BCUT2D eigenvalue weighted by Crippen LogP contribution is 2.39. The van der Waals surface area contributed by atoms with Crippen molar-refractivity contribution in [3.63, 3.8) is 0 Å². The molecule has 25 heavy (non-hydrogen) atoms. The maximum absolute atomic E-state index is 12.7. The van der Waals surface area contributed by atoms with Crippen LogP contribution in [-0.4, -0.2) is 9.52 Å². The van der Waals surface area contributed by atoms with Gasteiger partial charge in [0.15, 0.2) is 0 Å². The normalized spacial score (nSPS) is 21.8. The molecule has 0 spiro atoms. The van der Waals surface area contributed by atoms with Crippen LogP contribution in [0, 0.1) is 0 Å². The Morgan fingerprint density at radius 3 is 1.84 bits per heavy atom. The number of halogens is 3. The quantitative estimate of drug-likeness (QED) is 0.550. The van der Waals surface area contributed by atoms with Crippen LogP contribution >= 0.6 is 0 Å². The van der Waals surface area contributed by atoms with Crippen molar-refractivity contribution in [3.05, 3.63) is 59.7 Å². The molecule has 0 atom stereocenters. The Labute approximate surface area is 150 Å². The van der Waals surface area contributed by atoms with E-state index in [-0.39, 0.29) is 9.52 Å². The van der Waals surface area contributed by atoms with Crippen LogP contribution in [0.15, 0.2) is 48.5 Å². The van der Waals surface area contributed by atoms with E-state index in [2.05, 4.69) is 19.1 Å². The van der Waals surface area contributed by atoms with Gasteiger partial charge in [0.2, 0.25) is 0 Å². The summed E-state index contributed by atoms with van der Waals surface area (Å²) in [6, 6.07) is 15.2. The predicted octanol–water partition coefficient (Wildman–Crippen LogP) is 6.43. The van der Waals surface area contributed by atoms with Gasteiger partial charge in [0.05, 0.1) is 5.56 Å². The van der Waals surface area contributed by atoms with E-state index in [1.807, 2.05) is 12.1 Å². The van der Waals surface area contributed by atoms with E-state index in [4.69, 9.17) is 0 Å². The number of hydrogen-bond acceptors (Lipinski definition) is 0. The Kier molecular flexibility index (Phi) is 5.67. The molecule has 0 nitrogen and oxygen atoms in total. The molecular weight excluding hydrogens is 337 g/mol. The fourth-order valence-corrected chi connectivity index (χ4v) is 5.86. The largest absolute Gasteiger partial charge is 0.416 e. The Morgan fingerprint density at radius 2 is 1.36 bits per heavy atom. The number of alkyl halides is 3. The van der Waals surface area contributed by atoms with Gasteiger partial charge in [0.25, 0.3) is 0 Å². The highest BCUT2D eigenvalue weighted by atomic mass is 28.2. The zero-order valence-electron chi connectivity index (χ0n) is 14.7. The van der Waals surface area contributed by atoms with Gasteiger partial charge in [-0.3, -0.25) is 0 Å². The van der Waals surface area contributed by atoms with Crippen LogP contribution in [0.5, 0.6) is 0 Å². The number of hydrogen-bond donors (Lipinski definition) is 0. The minimum absolute atomic E-state index is 0.138. The van der Waals surface area contributed by atoms with Gasteiger partial charge in [-0.2, -0.15) is 13.2 Å². The van der Waals surface area contributed by atoms with Gasteiger partial charge in [-0.25, -0.2) is 0 Å². The SMILES string of the molecule is CC[SiH2]C1CCC(c2ccc(-c3ccc(C(F)(F)F)cc3)cc2)CC1. The van der Waals surface area contributed by atoms with Gasteiger partial charge in [-0.05, 0) is 47.6 Å². The van der Waals surface area contributed by atoms with Crippen molar-refractivity contribution in [1.82, 2.24) is 0 Å². The van der Waals surface area contributed by atoms with Crippen LogP contribution in [0.3, 0.4) is 0 Å². The molecule has 0 N–H and O–H groups in total. The van der Waals surface area contributed by atoms with Crippen molar-refractivity contribution in [3.8, 4) is 11.1 Å². The lowest BCUT2D eigenvalue weighted by Crippen LogP contribution is -2.13. The van der Waals surface area contributed by atoms with Gasteiger partial charge in [0, 0.05) is 9.52 Å². The molecular formula is C21H25F3Si. The molecule has 0 aliphatic heterocycles. The lowest BCUT2D eigenvalue weighted by molar-refractivity contribution is -0.137. The number of benzene rings is 2. The van der Waals surface area contributed by atoms with Crippen molar-refractivity contribution >= 4 is 9.52 Å². The third kappa shape index (κ3) is 4.54. The molecule has 0 amide bonds. The molecule has 0 heterocycles. The summed E-state index contributed by atoms with van der Waals surface area (Å²) >= 11 is 0. The van der Waals surface area contributed by atoms with Gasteiger partial charge in [-0.1, -0.05) is 67.7 Å². The summed E-state index contributed by atoms with van der Waals surface area (Å²) in [6.45, 7) is 2.32. The molecule has 1 saturated carbocycles. The van der Waals surface area contributed by atoms with E-state index in [0.29, 0.717) is 5.92 Å². The van der Waals surface area contributed by atoms with Crippen molar-refractivity contribution in [2.24, 2.45) is 0 Å². The first-order valence-corrected chi connectivity index (χ1v) is 11.1. The summed E-state index contributed by atoms with van der Waals surface area (Å²) < 4.78 is 38.0. The Balaban J connectivity index is 1.66. The Bertz CT molecular complexity index is 666. The van der Waals surface area contributed by atoms with E-state index >= 15 is 0 Å². The average molecular weight is 363 g/mol. The van der Waals surface area contributed by atoms with Crippen molar-refractivity contribution in [2.75, 3.05) is 0 Å². The van der Waals surface area contributed by atoms with Crippen LogP contribution in [0.25, 0.3) is 11.1 Å². The van der Waals surface area contributed by atoms with Crippen LogP contribution in [0.4, 0.5) is 13.2 Å². The molecule has 0 bridgehead atoms. The summed E-state index contributed by atoms with van der Waals surface area (Å²) in [5.74, 6) is 0.656. The van der Waals surface area contributed by atoms with E-state index in [0.717, 1.165) is 28.8 Å². The van der Waals surface area contributed by atoms with Gasteiger partial charge in [0.1, 0.15) is 0 Å². The highest BCUT2D eigenvalue weighted by molar-refractivity contribution is 6.37. The van der Waals surface area contributed by atoms with E-state index in [1.165, 1.54) is 37.3 Å². The molecule has 0 unspecified atom stereocenters. The first-order valence-electron chi connectivity index (χ1n) is 9.25. The van der Waals surface area contributed by atoms with Gasteiger partial charge >= 0.3 is 6.18 Å². The summed E-state index contributed by atoms with van der Waals surface area (Å²) in [7, 11) is 0.138. The van der Waals surface area contributed by atoms with Crippen molar-refractivity contribution in [1.29, 1.82) is 0 Å². The first kappa shape index (κ1) is 18.2. The summed E-state index contributed by atoms with van der Waals surface area (Å²) in [4.78, 5) is 0. The monoisotopic (exact) mass is 362 g/mol. The van der Waals surface area contributed by atoms with E-state index in [9.17, 15) is 13.2 Å². The van der Waals surface area contributed by atoms with Gasteiger partial charge in [-0.15, -0.1) is 0 Å². The molecule has 1 fully saturated rings. The van der Waals surface area contributed by atoms with E-state index < -0.39 is 11.7 Å². The van der Waals surface area contributed by atoms with Crippen LogP contribution in [0.1, 0.15) is 49.7 Å². The topological polar surface area (TPSA) is 0 Å². The Hall–Kier alpha value is -1.55. The fraction of sp³-hybridized carbons (Fsp3) is 0.429.